The number of carbonyl (C=O) groups is 1. The quantitative estimate of drug-likeness (QED) is 0.601. The fourth-order valence-corrected chi connectivity index (χ4v) is 3.74. The van der Waals surface area contributed by atoms with Gasteiger partial charge in [-0.3, -0.25) is 4.79 Å². The zero-order chi connectivity index (χ0) is 18.7. The SMILES string of the molecule is Cc1cc(Br)c(NC(=O)CSc2nnc(-c3ccccc3)n2C)cc1C. The minimum atomic E-state index is -0.0804. The first-order valence-electron chi connectivity index (χ1n) is 8.10. The number of halogens is 1. The van der Waals surface area contributed by atoms with Gasteiger partial charge in [0, 0.05) is 17.1 Å². The molecule has 0 atom stereocenters. The van der Waals surface area contributed by atoms with Crippen molar-refractivity contribution in [2.75, 3.05) is 11.1 Å². The van der Waals surface area contributed by atoms with Crippen LogP contribution in [0.25, 0.3) is 11.4 Å². The van der Waals surface area contributed by atoms with Gasteiger partial charge in [-0.15, -0.1) is 10.2 Å². The van der Waals surface area contributed by atoms with E-state index in [0.717, 1.165) is 27.1 Å². The molecule has 2 aromatic carbocycles. The summed E-state index contributed by atoms with van der Waals surface area (Å²) in [5.41, 5.74) is 4.09. The van der Waals surface area contributed by atoms with Gasteiger partial charge in [-0.05, 0) is 53.0 Å². The molecular formula is C19H19BrN4OS. The lowest BCUT2D eigenvalue weighted by molar-refractivity contribution is -0.113. The summed E-state index contributed by atoms with van der Waals surface area (Å²) in [5, 5.41) is 12.1. The van der Waals surface area contributed by atoms with E-state index < -0.39 is 0 Å². The maximum Gasteiger partial charge on any atom is 0.234 e. The van der Waals surface area contributed by atoms with Crippen molar-refractivity contribution >= 4 is 39.3 Å². The standard InChI is InChI=1S/C19H19BrN4OS/c1-12-9-15(20)16(10-13(12)2)21-17(25)11-26-19-23-22-18(24(19)3)14-7-5-4-6-8-14/h4-10H,11H2,1-3H3,(H,21,25). The van der Waals surface area contributed by atoms with Crippen LogP contribution in [0.2, 0.25) is 0 Å². The van der Waals surface area contributed by atoms with Crippen LogP contribution in [0.4, 0.5) is 5.69 Å². The lowest BCUT2D eigenvalue weighted by Gasteiger charge is -2.10. The van der Waals surface area contributed by atoms with Crippen LogP contribution in [0.15, 0.2) is 52.1 Å². The summed E-state index contributed by atoms with van der Waals surface area (Å²) in [6, 6.07) is 13.8. The van der Waals surface area contributed by atoms with E-state index in [9.17, 15) is 4.79 Å². The first kappa shape index (κ1) is 18.7. The Balaban J connectivity index is 1.66. The summed E-state index contributed by atoms with van der Waals surface area (Å²) in [5.74, 6) is 0.966. The van der Waals surface area contributed by atoms with Gasteiger partial charge in [0.1, 0.15) is 0 Å². The van der Waals surface area contributed by atoms with Crippen molar-refractivity contribution in [1.29, 1.82) is 0 Å². The molecule has 0 aliphatic rings. The van der Waals surface area contributed by atoms with Crippen LogP contribution in [-0.2, 0) is 11.8 Å². The highest BCUT2D eigenvalue weighted by molar-refractivity contribution is 9.10. The third-order valence-electron chi connectivity index (χ3n) is 4.06. The summed E-state index contributed by atoms with van der Waals surface area (Å²) in [7, 11) is 1.91. The highest BCUT2D eigenvalue weighted by Crippen LogP contribution is 2.27. The molecule has 3 rings (SSSR count). The number of hydrogen-bond donors (Lipinski definition) is 1. The first-order valence-corrected chi connectivity index (χ1v) is 9.88. The largest absolute Gasteiger partial charge is 0.324 e. The lowest BCUT2D eigenvalue weighted by atomic mass is 10.1. The summed E-state index contributed by atoms with van der Waals surface area (Å²) < 4.78 is 2.78. The summed E-state index contributed by atoms with van der Waals surface area (Å²) in [6.45, 7) is 4.07. The van der Waals surface area contributed by atoms with Crippen LogP contribution >= 0.6 is 27.7 Å². The fraction of sp³-hybridized carbons (Fsp3) is 0.211. The molecule has 1 aromatic heterocycles. The molecule has 0 bridgehead atoms. The van der Waals surface area contributed by atoms with Gasteiger partial charge in [0.25, 0.3) is 0 Å². The molecule has 134 valence electrons. The summed E-state index contributed by atoms with van der Waals surface area (Å²) in [6.07, 6.45) is 0. The number of amides is 1. The number of aromatic nitrogens is 3. The van der Waals surface area contributed by atoms with Crippen LogP contribution in [0.3, 0.4) is 0 Å². The van der Waals surface area contributed by atoms with Crippen LogP contribution in [-0.4, -0.2) is 26.4 Å². The molecule has 0 radical (unpaired) electrons. The number of hydrogen-bond acceptors (Lipinski definition) is 4. The van der Waals surface area contributed by atoms with Gasteiger partial charge in [0.15, 0.2) is 11.0 Å². The van der Waals surface area contributed by atoms with E-state index in [-0.39, 0.29) is 11.7 Å². The second-order valence-electron chi connectivity index (χ2n) is 5.98. The average Bonchev–Trinajstić information content (AvgIpc) is 2.99. The van der Waals surface area contributed by atoms with Crippen molar-refractivity contribution in [3.8, 4) is 11.4 Å². The Bertz CT molecular complexity index is 940. The molecule has 0 aliphatic carbocycles. The second kappa shape index (κ2) is 8.05. The number of nitrogens with one attached hydrogen (secondary N) is 1. The van der Waals surface area contributed by atoms with E-state index in [1.54, 1.807) is 0 Å². The number of thioether (sulfide) groups is 1. The van der Waals surface area contributed by atoms with E-state index in [2.05, 4.69) is 31.4 Å². The smallest absolute Gasteiger partial charge is 0.234 e. The van der Waals surface area contributed by atoms with Crippen molar-refractivity contribution in [1.82, 2.24) is 14.8 Å². The van der Waals surface area contributed by atoms with Gasteiger partial charge >= 0.3 is 0 Å². The molecule has 7 heteroatoms. The lowest BCUT2D eigenvalue weighted by Crippen LogP contribution is -2.15. The van der Waals surface area contributed by atoms with E-state index in [1.165, 1.54) is 17.3 Å². The van der Waals surface area contributed by atoms with E-state index in [1.807, 2.05) is 67.9 Å². The van der Waals surface area contributed by atoms with Gasteiger partial charge in [-0.1, -0.05) is 42.1 Å². The predicted octanol–water partition coefficient (Wildman–Crippen LogP) is 4.59. The Morgan fingerprint density at radius 2 is 1.85 bits per heavy atom. The van der Waals surface area contributed by atoms with Gasteiger partial charge in [-0.2, -0.15) is 0 Å². The van der Waals surface area contributed by atoms with Gasteiger partial charge in [-0.25, -0.2) is 0 Å². The molecule has 1 amide bonds. The van der Waals surface area contributed by atoms with Crippen molar-refractivity contribution in [2.45, 2.75) is 19.0 Å². The predicted molar refractivity (Wildman–Crippen MR) is 109 cm³/mol. The maximum absolute atomic E-state index is 12.3. The first-order chi connectivity index (χ1) is 12.5. The summed E-state index contributed by atoms with van der Waals surface area (Å²) in [4.78, 5) is 12.3. The minimum Gasteiger partial charge on any atom is -0.324 e. The molecular weight excluding hydrogens is 412 g/mol. The van der Waals surface area contributed by atoms with Crippen LogP contribution in [0.5, 0.6) is 0 Å². The molecule has 1 N–H and O–H groups in total. The molecule has 3 aromatic rings. The molecule has 0 saturated heterocycles. The molecule has 0 unspecified atom stereocenters. The van der Waals surface area contributed by atoms with Crippen molar-refractivity contribution in [2.24, 2.45) is 7.05 Å². The molecule has 26 heavy (non-hydrogen) atoms. The van der Waals surface area contributed by atoms with E-state index >= 15 is 0 Å². The monoisotopic (exact) mass is 430 g/mol. The highest BCUT2D eigenvalue weighted by atomic mass is 79.9. The van der Waals surface area contributed by atoms with Gasteiger partial charge in [0.2, 0.25) is 5.91 Å². The third kappa shape index (κ3) is 4.16. The Morgan fingerprint density at radius 3 is 2.58 bits per heavy atom. The maximum atomic E-state index is 12.3. The number of rotatable bonds is 5. The van der Waals surface area contributed by atoms with E-state index in [0.29, 0.717) is 5.16 Å². The van der Waals surface area contributed by atoms with Crippen LogP contribution < -0.4 is 5.32 Å². The Kier molecular flexibility index (Phi) is 5.78. The molecule has 0 aliphatic heterocycles. The number of nitrogens with zero attached hydrogens (tertiary/aromatic N) is 3. The van der Waals surface area contributed by atoms with Crippen molar-refractivity contribution < 1.29 is 4.79 Å². The zero-order valence-corrected chi connectivity index (χ0v) is 17.2. The number of benzene rings is 2. The van der Waals surface area contributed by atoms with Crippen molar-refractivity contribution in [3.05, 3.63) is 58.1 Å². The minimum absolute atomic E-state index is 0.0804. The Labute approximate surface area is 165 Å². The molecule has 0 saturated carbocycles. The number of aryl methyl sites for hydroxylation is 2. The van der Waals surface area contributed by atoms with Crippen molar-refractivity contribution in [3.63, 3.8) is 0 Å². The molecule has 5 nitrogen and oxygen atoms in total. The zero-order valence-electron chi connectivity index (χ0n) is 14.8. The molecule has 0 spiro atoms. The fourth-order valence-electron chi connectivity index (χ4n) is 2.47. The van der Waals surface area contributed by atoms with Gasteiger partial charge < -0.3 is 9.88 Å². The Morgan fingerprint density at radius 1 is 1.15 bits per heavy atom. The average molecular weight is 431 g/mol. The van der Waals surface area contributed by atoms with Gasteiger partial charge in [0.05, 0.1) is 11.4 Å². The molecule has 1 heterocycles. The molecule has 0 fully saturated rings. The second-order valence-corrected chi connectivity index (χ2v) is 7.78. The summed E-state index contributed by atoms with van der Waals surface area (Å²) >= 11 is 4.86. The topological polar surface area (TPSA) is 59.8 Å². The van der Waals surface area contributed by atoms with Crippen LogP contribution in [0.1, 0.15) is 11.1 Å². The third-order valence-corrected chi connectivity index (χ3v) is 5.73. The Hall–Kier alpha value is -2.12. The number of anilines is 1. The highest BCUT2D eigenvalue weighted by Gasteiger charge is 2.13. The van der Waals surface area contributed by atoms with E-state index in [4.69, 9.17) is 0 Å². The number of carbonyl (C=O) groups excluding carboxylic acids is 1. The normalized spacial score (nSPS) is 10.8. The van der Waals surface area contributed by atoms with Crippen LogP contribution in [0, 0.1) is 13.8 Å².